The average Bonchev–Trinajstić information content (AvgIpc) is 3.68. The topological polar surface area (TPSA) is 82.1 Å². The molecule has 0 aliphatic carbocycles. The summed E-state index contributed by atoms with van der Waals surface area (Å²) in [5.74, 6) is 2.28. The Morgan fingerprint density at radius 1 is 1.09 bits per heavy atom. The van der Waals surface area contributed by atoms with Gasteiger partial charge in [0.15, 0.2) is 5.16 Å². The van der Waals surface area contributed by atoms with Crippen LogP contribution in [0.4, 0.5) is 0 Å². The number of rotatable bonds is 8. The first-order valence-electron chi connectivity index (χ1n) is 11.0. The molecule has 1 amide bonds. The first kappa shape index (κ1) is 22.8. The minimum atomic E-state index is -0.298. The second kappa shape index (κ2) is 10.1. The molecule has 2 aromatic heterocycles. The number of nitrogens with zero attached hydrogens (tertiary/aromatic N) is 4. The van der Waals surface area contributed by atoms with E-state index in [1.165, 1.54) is 16.8 Å². The standard InChI is InChI=1S/C26H24N4O4S/c1-32-20-10-8-18(9-11-20)22-16-23(24-7-4-14-34-24)30(28-22)25(31)17-35-26-27-12-13-29(26)19-5-3-6-21(15-19)33-2/h3-15,23H,16-17H2,1-2H3. The SMILES string of the molecule is COc1ccc(C2=NN(C(=O)CSc3nccn3-c3cccc(OC)c3)C(c3ccco3)C2)cc1. The largest absolute Gasteiger partial charge is 0.497 e. The molecular formula is C26H24N4O4S. The molecule has 0 spiro atoms. The Morgan fingerprint density at radius 3 is 2.66 bits per heavy atom. The van der Waals surface area contributed by atoms with E-state index < -0.39 is 0 Å². The molecule has 2 aromatic carbocycles. The molecule has 0 radical (unpaired) electrons. The zero-order chi connectivity index (χ0) is 24.2. The lowest BCUT2D eigenvalue weighted by molar-refractivity contribution is -0.130. The van der Waals surface area contributed by atoms with Gasteiger partial charge in [-0.05, 0) is 54.1 Å². The molecular weight excluding hydrogens is 464 g/mol. The van der Waals surface area contributed by atoms with Crippen molar-refractivity contribution < 1.29 is 18.7 Å². The van der Waals surface area contributed by atoms with E-state index in [0.29, 0.717) is 17.3 Å². The number of carbonyl (C=O) groups is 1. The van der Waals surface area contributed by atoms with Crippen molar-refractivity contribution in [2.45, 2.75) is 17.6 Å². The molecule has 9 heteroatoms. The van der Waals surface area contributed by atoms with Gasteiger partial charge in [0.05, 0.1) is 37.6 Å². The third-order valence-electron chi connectivity index (χ3n) is 5.72. The number of hydrogen-bond acceptors (Lipinski definition) is 7. The van der Waals surface area contributed by atoms with Gasteiger partial charge >= 0.3 is 0 Å². The van der Waals surface area contributed by atoms with E-state index in [0.717, 1.165) is 28.5 Å². The van der Waals surface area contributed by atoms with E-state index >= 15 is 0 Å². The van der Waals surface area contributed by atoms with Gasteiger partial charge in [-0.3, -0.25) is 9.36 Å². The molecule has 178 valence electrons. The lowest BCUT2D eigenvalue weighted by Crippen LogP contribution is -2.28. The van der Waals surface area contributed by atoms with Crippen LogP contribution in [0.15, 0.2) is 94.0 Å². The van der Waals surface area contributed by atoms with Crippen LogP contribution in [0.3, 0.4) is 0 Å². The van der Waals surface area contributed by atoms with E-state index in [4.69, 9.17) is 19.0 Å². The van der Waals surface area contributed by atoms with Crippen molar-refractivity contribution in [2.24, 2.45) is 5.10 Å². The number of hydrazone groups is 1. The Balaban J connectivity index is 1.35. The molecule has 1 atom stereocenters. The van der Waals surface area contributed by atoms with Gasteiger partial charge in [0.1, 0.15) is 23.3 Å². The number of carbonyl (C=O) groups excluding carboxylic acids is 1. The van der Waals surface area contributed by atoms with Crippen molar-refractivity contribution in [3.63, 3.8) is 0 Å². The van der Waals surface area contributed by atoms with Gasteiger partial charge in [-0.2, -0.15) is 5.10 Å². The molecule has 8 nitrogen and oxygen atoms in total. The zero-order valence-corrected chi connectivity index (χ0v) is 20.1. The van der Waals surface area contributed by atoms with Crippen LogP contribution in [0, 0.1) is 0 Å². The summed E-state index contributed by atoms with van der Waals surface area (Å²) in [6.07, 6.45) is 5.76. The maximum atomic E-state index is 13.4. The molecule has 1 aliphatic heterocycles. The average molecular weight is 489 g/mol. The number of amides is 1. The molecule has 3 heterocycles. The number of ether oxygens (including phenoxy) is 2. The van der Waals surface area contributed by atoms with E-state index in [-0.39, 0.29) is 17.7 Å². The molecule has 1 aliphatic rings. The second-order valence-corrected chi connectivity index (χ2v) is 8.76. The molecule has 0 bridgehead atoms. The van der Waals surface area contributed by atoms with Crippen LogP contribution in [0.5, 0.6) is 11.5 Å². The number of thioether (sulfide) groups is 1. The zero-order valence-electron chi connectivity index (χ0n) is 19.3. The van der Waals surface area contributed by atoms with Crippen LogP contribution in [-0.2, 0) is 4.79 Å². The van der Waals surface area contributed by atoms with Gasteiger partial charge < -0.3 is 13.9 Å². The number of methoxy groups -OCH3 is 2. The molecule has 0 saturated carbocycles. The van der Waals surface area contributed by atoms with Gasteiger partial charge in [-0.25, -0.2) is 9.99 Å². The van der Waals surface area contributed by atoms with Gasteiger partial charge in [-0.1, -0.05) is 17.8 Å². The summed E-state index contributed by atoms with van der Waals surface area (Å²) in [4.78, 5) is 17.8. The molecule has 4 aromatic rings. The summed E-state index contributed by atoms with van der Waals surface area (Å²) >= 11 is 1.36. The van der Waals surface area contributed by atoms with E-state index in [9.17, 15) is 4.79 Å². The van der Waals surface area contributed by atoms with Crippen LogP contribution < -0.4 is 9.47 Å². The summed E-state index contributed by atoms with van der Waals surface area (Å²) in [5.41, 5.74) is 2.68. The van der Waals surface area contributed by atoms with E-state index in [2.05, 4.69) is 4.98 Å². The lowest BCUT2D eigenvalue weighted by atomic mass is 10.0. The van der Waals surface area contributed by atoms with Gasteiger partial charge in [0, 0.05) is 24.9 Å². The Hall–Kier alpha value is -3.98. The summed E-state index contributed by atoms with van der Waals surface area (Å²) < 4.78 is 18.2. The van der Waals surface area contributed by atoms with E-state index in [1.54, 1.807) is 26.7 Å². The fraction of sp³-hybridized carbons (Fsp3) is 0.192. The fourth-order valence-electron chi connectivity index (χ4n) is 3.95. The molecule has 5 rings (SSSR count). The maximum Gasteiger partial charge on any atom is 0.253 e. The number of imidazole rings is 1. The fourth-order valence-corrected chi connectivity index (χ4v) is 4.77. The summed E-state index contributed by atoms with van der Waals surface area (Å²) in [7, 11) is 3.26. The molecule has 0 saturated heterocycles. The van der Waals surface area contributed by atoms with Crippen molar-refractivity contribution in [1.29, 1.82) is 0 Å². The molecule has 1 unspecified atom stereocenters. The van der Waals surface area contributed by atoms with Crippen molar-refractivity contribution >= 4 is 23.4 Å². The molecule has 0 N–H and O–H groups in total. The molecule has 35 heavy (non-hydrogen) atoms. The first-order valence-corrected chi connectivity index (χ1v) is 12.0. The van der Waals surface area contributed by atoms with Gasteiger partial charge in [0.2, 0.25) is 0 Å². The maximum absolute atomic E-state index is 13.4. The van der Waals surface area contributed by atoms with Crippen molar-refractivity contribution in [3.05, 3.63) is 90.6 Å². The van der Waals surface area contributed by atoms with Gasteiger partial charge in [0.25, 0.3) is 5.91 Å². The third-order valence-corrected chi connectivity index (χ3v) is 6.68. The van der Waals surface area contributed by atoms with Crippen LogP contribution in [-0.4, -0.2) is 46.2 Å². The minimum Gasteiger partial charge on any atom is -0.497 e. The van der Waals surface area contributed by atoms with Crippen molar-refractivity contribution in [2.75, 3.05) is 20.0 Å². The number of furan rings is 1. The summed E-state index contributed by atoms with van der Waals surface area (Å²) in [6, 6.07) is 18.8. The highest BCUT2D eigenvalue weighted by Gasteiger charge is 2.35. The van der Waals surface area contributed by atoms with Crippen LogP contribution >= 0.6 is 11.8 Å². The summed E-state index contributed by atoms with van der Waals surface area (Å²) in [5, 5.41) is 6.94. The Morgan fingerprint density at radius 2 is 1.91 bits per heavy atom. The first-order chi connectivity index (χ1) is 17.2. The minimum absolute atomic E-state index is 0.125. The Labute approximate surface area is 207 Å². The predicted octanol–water partition coefficient (Wildman–Crippen LogP) is 4.95. The van der Waals surface area contributed by atoms with Crippen LogP contribution in [0.2, 0.25) is 0 Å². The highest BCUT2D eigenvalue weighted by atomic mass is 32.2. The number of aromatic nitrogens is 2. The predicted molar refractivity (Wildman–Crippen MR) is 133 cm³/mol. The lowest BCUT2D eigenvalue weighted by Gasteiger charge is -2.19. The number of benzene rings is 2. The monoisotopic (exact) mass is 488 g/mol. The highest BCUT2D eigenvalue weighted by molar-refractivity contribution is 7.99. The van der Waals surface area contributed by atoms with Crippen molar-refractivity contribution in [3.8, 4) is 17.2 Å². The quantitative estimate of drug-likeness (QED) is 0.326. The highest BCUT2D eigenvalue weighted by Crippen LogP contribution is 2.34. The number of hydrogen-bond donors (Lipinski definition) is 0. The van der Waals surface area contributed by atoms with Gasteiger partial charge in [-0.15, -0.1) is 0 Å². The Bertz CT molecular complexity index is 1330. The van der Waals surface area contributed by atoms with Crippen LogP contribution in [0.1, 0.15) is 23.8 Å². The van der Waals surface area contributed by atoms with Crippen molar-refractivity contribution in [1.82, 2.24) is 14.6 Å². The smallest absolute Gasteiger partial charge is 0.253 e. The van der Waals surface area contributed by atoms with E-state index in [1.807, 2.05) is 71.4 Å². The third kappa shape index (κ3) is 4.81. The normalized spacial score (nSPS) is 15.2. The molecule has 0 fully saturated rings. The Kier molecular flexibility index (Phi) is 6.58. The second-order valence-electron chi connectivity index (χ2n) is 7.82. The summed E-state index contributed by atoms with van der Waals surface area (Å²) in [6.45, 7) is 0. The van der Waals surface area contributed by atoms with Crippen LogP contribution in [0.25, 0.3) is 5.69 Å².